The fourth-order valence-corrected chi connectivity index (χ4v) is 1.95. The minimum Gasteiger partial charge on any atom is -0.397 e. The van der Waals surface area contributed by atoms with Crippen molar-refractivity contribution in [1.82, 2.24) is 4.98 Å². The molecule has 94 valence electrons. The number of pyridine rings is 1. The molecular formula is C15H18N2O. The van der Waals surface area contributed by atoms with E-state index in [1.807, 2.05) is 13.0 Å². The Labute approximate surface area is 108 Å². The summed E-state index contributed by atoms with van der Waals surface area (Å²) in [7, 11) is 1.72. The fraction of sp³-hybridized carbons (Fsp3) is 0.267. The first-order chi connectivity index (χ1) is 8.70. The van der Waals surface area contributed by atoms with E-state index in [1.54, 1.807) is 13.3 Å². The van der Waals surface area contributed by atoms with E-state index >= 15 is 0 Å². The maximum atomic E-state index is 5.71. The molecule has 3 nitrogen and oxygen atoms in total. The molecule has 0 radical (unpaired) electrons. The van der Waals surface area contributed by atoms with Crippen LogP contribution in [0.1, 0.15) is 11.1 Å². The van der Waals surface area contributed by atoms with Crippen LogP contribution in [0.2, 0.25) is 0 Å². The summed E-state index contributed by atoms with van der Waals surface area (Å²) in [6.07, 6.45) is 2.63. The van der Waals surface area contributed by atoms with Crippen LogP contribution in [0.4, 0.5) is 5.69 Å². The number of nitrogens with two attached hydrogens (primary N) is 1. The molecule has 1 heterocycles. The second-order valence-corrected chi connectivity index (χ2v) is 4.37. The fourth-order valence-electron chi connectivity index (χ4n) is 1.95. The summed E-state index contributed by atoms with van der Waals surface area (Å²) in [4.78, 5) is 4.39. The van der Waals surface area contributed by atoms with Crippen molar-refractivity contribution in [3.8, 4) is 11.3 Å². The summed E-state index contributed by atoms with van der Waals surface area (Å²) in [5.74, 6) is 0. The number of aryl methyl sites for hydroxylation is 1. The number of ether oxygens (including phenoxy) is 1. The normalized spacial score (nSPS) is 10.6. The molecule has 0 amide bonds. The van der Waals surface area contributed by atoms with Gasteiger partial charge in [-0.25, -0.2) is 0 Å². The van der Waals surface area contributed by atoms with Gasteiger partial charge in [0.15, 0.2) is 0 Å². The molecule has 0 spiro atoms. The highest BCUT2D eigenvalue weighted by Crippen LogP contribution is 2.22. The van der Waals surface area contributed by atoms with Gasteiger partial charge in [-0.3, -0.25) is 4.98 Å². The molecule has 0 bridgehead atoms. The summed E-state index contributed by atoms with van der Waals surface area (Å²) >= 11 is 0. The summed E-state index contributed by atoms with van der Waals surface area (Å²) in [6.45, 7) is 2.77. The van der Waals surface area contributed by atoms with Crippen molar-refractivity contribution in [1.29, 1.82) is 0 Å². The zero-order valence-corrected chi connectivity index (χ0v) is 10.8. The standard InChI is InChI=1S/C15H18N2O/c1-11-9-14(16)10-17-15(11)13-5-3-12(4-6-13)7-8-18-2/h3-6,9-10H,7-8,16H2,1-2H3. The van der Waals surface area contributed by atoms with E-state index in [0.717, 1.165) is 29.8 Å². The summed E-state index contributed by atoms with van der Waals surface area (Å²) in [5, 5.41) is 0. The Bertz CT molecular complexity index is 521. The number of nitrogen functional groups attached to an aromatic ring is 1. The molecular weight excluding hydrogens is 224 g/mol. The number of benzene rings is 1. The Balaban J connectivity index is 2.23. The number of aromatic nitrogens is 1. The molecule has 2 aromatic rings. The van der Waals surface area contributed by atoms with Crippen molar-refractivity contribution in [2.45, 2.75) is 13.3 Å². The molecule has 1 aromatic heterocycles. The van der Waals surface area contributed by atoms with E-state index in [0.29, 0.717) is 5.69 Å². The highest BCUT2D eigenvalue weighted by atomic mass is 16.5. The maximum absolute atomic E-state index is 5.71. The summed E-state index contributed by atoms with van der Waals surface area (Å²) < 4.78 is 5.07. The lowest BCUT2D eigenvalue weighted by atomic mass is 10.0. The van der Waals surface area contributed by atoms with Crippen molar-refractivity contribution in [2.75, 3.05) is 19.5 Å². The Morgan fingerprint density at radius 1 is 1.22 bits per heavy atom. The second kappa shape index (κ2) is 5.65. The predicted molar refractivity (Wildman–Crippen MR) is 74.4 cm³/mol. The van der Waals surface area contributed by atoms with Gasteiger partial charge >= 0.3 is 0 Å². The number of nitrogens with zero attached hydrogens (tertiary/aromatic N) is 1. The van der Waals surface area contributed by atoms with Gasteiger partial charge < -0.3 is 10.5 Å². The first kappa shape index (κ1) is 12.6. The molecule has 0 saturated carbocycles. The van der Waals surface area contributed by atoms with Crippen LogP contribution >= 0.6 is 0 Å². The van der Waals surface area contributed by atoms with Crippen molar-refractivity contribution in [3.05, 3.63) is 47.7 Å². The zero-order valence-electron chi connectivity index (χ0n) is 10.8. The third kappa shape index (κ3) is 2.87. The quantitative estimate of drug-likeness (QED) is 0.896. The number of methoxy groups -OCH3 is 1. The Hall–Kier alpha value is -1.87. The van der Waals surface area contributed by atoms with E-state index in [-0.39, 0.29) is 0 Å². The van der Waals surface area contributed by atoms with Gasteiger partial charge in [-0.2, -0.15) is 0 Å². The van der Waals surface area contributed by atoms with Gasteiger partial charge in [-0.15, -0.1) is 0 Å². The minimum absolute atomic E-state index is 0.702. The summed E-state index contributed by atoms with van der Waals surface area (Å²) in [5.41, 5.74) is 10.9. The molecule has 2 N–H and O–H groups in total. The van der Waals surface area contributed by atoms with Crippen LogP contribution in [0.5, 0.6) is 0 Å². The van der Waals surface area contributed by atoms with Crippen LogP contribution in [0.25, 0.3) is 11.3 Å². The minimum atomic E-state index is 0.702. The lowest BCUT2D eigenvalue weighted by molar-refractivity contribution is 0.202. The van der Waals surface area contributed by atoms with Crippen LogP contribution in [0.3, 0.4) is 0 Å². The monoisotopic (exact) mass is 242 g/mol. The van der Waals surface area contributed by atoms with E-state index < -0.39 is 0 Å². The van der Waals surface area contributed by atoms with Gasteiger partial charge in [0.2, 0.25) is 0 Å². The number of hydrogen-bond acceptors (Lipinski definition) is 3. The van der Waals surface area contributed by atoms with Gasteiger partial charge in [-0.1, -0.05) is 24.3 Å². The van der Waals surface area contributed by atoms with Crippen molar-refractivity contribution in [2.24, 2.45) is 0 Å². The average Bonchev–Trinajstić information content (AvgIpc) is 2.37. The van der Waals surface area contributed by atoms with E-state index in [4.69, 9.17) is 10.5 Å². The van der Waals surface area contributed by atoms with Crippen LogP contribution in [-0.2, 0) is 11.2 Å². The number of hydrogen-bond donors (Lipinski definition) is 1. The van der Waals surface area contributed by atoms with E-state index in [1.165, 1.54) is 5.56 Å². The van der Waals surface area contributed by atoms with Gasteiger partial charge in [0.05, 0.1) is 24.2 Å². The van der Waals surface area contributed by atoms with Gasteiger partial charge in [0.25, 0.3) is 0 Å². The van der Waals surface area contributed by atoms with Gasteiger partial charge in [0.1, 0.15) is 0 Å². The molecule has 2 rings (SSSR count). The second-order valence-electron chi connectivity index (χ2n) is 4.37. The smallest absolute Gasteiger partial charge is 0.0732 e. The molecule has 1 aromatic carbocycles. The molecule has 0 aliphatic heterocycles. The molecule has 0 fully saturated rings. The molecule has 3 heteroatoms. The third-order valence-electron chi connectivity index (χ3n) is 2.92. The van der Waals surface area contributed by atoms with E-state index in [2.05, 4.69) is 29.2 Å². The molecule has 18 heavy (non-hydrogen) atoms. The topological polar surface area (TPSA) is 48.1 Å². The number of anilines is 1. The van der Waals surface area contributed by atoms with E-state index in [9.17, 15) is 0 Å². The SMILES string of the molecule is COCCc1ccc(-c2ncc(N)cc2C)cc1. The van der Waals surface area contributed by atoms with Gasteiger partial charge in [-0.05, 0) is 30.5 Å². The molecule has 0 saturated heterocycles. The maximum Gasteiger partial charge on any atom is 0.0732 e. The first-order valence-corrected chi connectivity index (χ1v) is 6.01. The van der Waals surface area contributed by atoms with Crippen molar-refractivity contribution < 1.29 is 4.74 Å². The lowest BCUT2D eigenvalue weighted by Crippen LogP contribution is -1.95. The Kier molecular flexibility index (Phi) is 3.95. The molecule has 0 aliphatic carbocycles. The van der Waals surface area contributed by atoms with Crippen LogP contribution in [-0.4, -0.2) is 18.7 Å². The van der Waals surface area contributed by atoms with Crippen molar-refractivity contribution >= 4 is 5.69 Å². The van der Waals surface area contributed by atoms with Gasteiger partial charge in [0, 0.05) is 12.7 Å². The predicted octanol–water partition coefficient (Wildman–Crippen LogP) is 2.83. The van der Waals surface area contributed by atoms with Crippen LogP contribution in [0.15, 0.2) is 36.5 Å². The Morgan fingerprint density at radius 3 is 2.56 bits per heavy atom. The molecule has 0 aliphatic rings. The molecule has 0 unspecified atom stereocenters. The summed E-state index contributed by atoms with van der Waals surface area (Å²) in [6, 6.07) is 10.4. The Morgan fingerprint density at radius 2 is 1.94 bits per heavy atom. The molecule has 0 atom stereocenters. The number of rotatable bonds is 4. The largest absolute Gasteiger partial charge is 0.397 e. The highest BCUT2D eigenvalue weighted by Gasteiger charge is 2.04. The highest BCUT2D eigenvalue weighted by molar-refractivity contribution is 5.65. The van der Waals surface area contributed by atoms with Crippen LogP contribution in [0, 0.1) is 6.92 Å². The lowest BCUT2D eigenvalue weighted by Gasteiger charge is -2.07. The van der Waals surface area contributed by atoms with Crippen molar-refractivity contribution in [3.63, 3.8) is 0 Å². The third-order valence-corrected chi connectivity index (χ3v) is 2.92. The zero-order chi connectivity index (χ0) is 13.0. The average molecular weight is 242 g/mol. The van der Waals surface area contributed by atoms with Crippen LogP contribution < -0.4 is 5.73 Å². The first-order valence-electron chi connectivity index (χ1n) is 6.01.